The van der Waals surface area contributed by atoms with Crippen LogP contribution in [0.15, 0.2) is 47.5 Å². The second-order valence-electron chi connectivity index (χ2n) is 6.85. The number of nitrogens with one attached hydrogen (secondary N) is 1. The van der Waals surface area contributed by atoms with E-state index in [0.717, 1.165) is 56.2 Å². The van der Waals surface area contributed by atoms with Crippen LogP contribution < -0.4 is 5.32 Å². The third kappa shape index (κ3) is 4.38. The van der Waals surface area contributed by atoms with Crippen LogP contribution in [0, 0.1) is 0 Å². The molecule has 2 aromatic carbocycles. The molecule has 0 bridgehead atoms. The molecule has 1 amide bonds. The van der Waals surface area contributed by atoms with Gasteiger partial charge in [-0.15, -0.1) is 0 Å². The molecule has 0 aliphatic carbocycles. The average Bonchev–Trinajstić information content (AvgIpc) is 3.01. The van der Waals surface area contributed by atoms with E-state index >= 15 is 0 Å². The first-order chi connectivity index (χ1) is 13.2. The minimum Gasteiger partial charge on any atom is -0.379 e. The maximum absolute atomic E-state index is 12.2. The molecule has 6 heteroatoms. The van der Waals surface area contributed by atoms with Crippen LogP contribution in [0.4, 0.5) is 11.4 Å². The molecule has 2 heterocycles. The third-order valence-corrected chi connectivity index (χ3v) is 5.25. The topological polar surface area (TPSA) is 53.9 Å². The number of fused-ring (bicyclic) bond motifs is 1. The number of carbonyl (C=O) groups excluding carboxylic acids is 1. The molecule has 1 N–H and O–H groups in total. The fourth-order valence-electron chi connectivity index (χ4n) is 3.43. The lowest BCUT2D eigenvalue weighted by Crippen LogP contribution is -2.37. The summed E-state index contributed by atoms with van der Waals surface area (Å²) in [5.74, 6) is -0.474. The Balaban J connectivity index is 1.38. The molecule has 1 atom stereocenters. The summed E-state index contributed by atoms with van der Waals surface area (Å²) in [5.41, 5.74) is 3.81. The highest BCUT2D eigenvalue weighted by Crippen LogP contribution is 2.33. The van der Waals surface area contributed by atoms with Crippen LogP contribution in [0.2, 0.25) is 5.02 Å². The Morgan fingerprint density at radius 2 is 1.96 bits per heavy atom. The van der Waals surface area contributed by atoms with Crippen LogP contribution in [0.5, 0.6) is 0 Å². The number of ether oxygens (including phenoxy) is 1. The van der Waals surface area contributed by atoms with Crippen LogP contribution in [-0.4, -0.2) is 49.9 Å². The maximum Gasteiger partial charge on any atom is 0.237 e. The highest BCUT2D eigenvalue weighted by molar-refractivity contribution is 6.31. The number of rotatable bonds is 5. The van der Waals surface area contributed by atoms with Crippen molar-refractivity contribution in [2.75, 3.05) is 38.2 Å². The number of morpholine rings is 1. The lowest BCUT2D eigenvalue weighted by Gasteiger charge is -2.26. The van der Waals surface area contributed by atoms with Crippen LogP contribution in [0.3, 0.4) is 0 Å². The Bertz CT molecular complexity index is 845. The molecule has 140 valence electrons. The molecule has 4 rings (SSSR count). The number of hydrogen-bond acceptors (Lipinski definition) is 4. The number of hydrogen-bond donors (Lipinski definition) is 1. The van der Waals surface area contributed by atoms with Gasteiger partial charge in [-0.3, -0.25) is 14.7 Å². The Labute approximate surface area is 164 Å². The Morgan fingerprint density at radius 3 is 2.74 bits per heavy atom. The molecular formula is C21H22ClN3O2. The van der Waals surface area contributed by atoms with E-state index in [0.29, 0.717) is 5.02 Å². The summed E-state index contributed by atoms with van der Waals surface area (Å²) in [7, 11) is 0. The number of benzene rings is 2. The van der Waals surface area contributed by atoms with Crippen molar-refractivity contribution in [2.45, 2.75) is 12.3 Å². The number of amides is 1. The third-order valence-electron chi connectivity index (χ3n) is 5.02. The van der Waals surface area contributed by atoms with E-state index < -0.39 is 5.92 Å². The largest absolute Gasteiger partial charge is 0.379 e. The van der Waals surface area contributed by atoms with Crippen molar-refractivity contribution < 1.29 is 9.53 Å². The Kier molecular flexibility index (Phi) is 5.53. The number of carbonyl (C=O) groups is 1. The molecule has 0 radical (unpaired) electrons. The lowest BCUT2D eigenvalue weighted by atomic mass is 10.0. The van der Waals surface area contributed by atoms with Crippen molar-refractivity contribution in [1.82, 2.24) is 4.90 Å². The SMILES string of the molecule is O=C1Nc2ccc(Cl)cc2C1C=Nc1ccc(CCN2CCOCC2)cc1. The van der Waals surface area contributed by atoms with Gasteiger partial charge >= 0.3 is 0 Å². The van der Waals surface area contributed by atoms with E-state index in [2.05, 4.69) is 27.3 Å². The van der Waals surface area contributed by atoms with Gasteiger partial charge in [-0.2, -0.15) is 0 Å². The van der Waals surface area contributed by atoms with E-state index in [1.54, 1.807) is 12.3 Å². The summed E-state index contributed by atoms with van der Waals surface area (Å²) >= 11 is 6.06. The van der Waals surface area contributed by atoms with Gasteiger partial charge in [0.25, 0.3) is 0 Å². The fraction of sp³-hybridized carbons (Fsp3) is 0.333. The van der Waals surface area contributed by atoms with E-state index in [1.165, 1.54) is 5.56 Å². The smallest absolute Gasteiger partial charge is 0.237 e. The summed E-state index contributed by atoms with van der Waals surface area (Å²) < 4.78 is 5.38. The van der Waals surface area contributed by atoms with Crippen molar-refractivity contribution in [3.63, 3.8) is 0 Å². The zero-order chi connectivity index (χ0) is 18.6. The predicted molar refractivity (Wildman–Crippen MR) is 108 cm³/mol. The molecule has 1 saturated heterocycles. The molecule has 1 fully saturated rings. The van der Waals surface area contributed by atoms with Crippen molar-refractivity contribution >= 4 is 35.1 Å². The molecule has 5 nitrogen and oxygen atoms in total. The standard InChI is InChI=1S/C21H22ClN3O2/c22-16-3-6-20-18(13-16)19(21(26)24-20)14-23-17-4-1-15(2-5-17)7-8-25-9-11-27-12-10-25/h1-6,13-14,19H,7-12H2,(H,24,26). The summed E-state index contributed by atoms with van der Waals surface area (Å²) in [4.78, 5) is 19.1. The summed E-state index contributed by atoms with van der Waals surface area (Å²) in [5, 5.41) is 3.48. The monoisotopic (exact) mass is 383 g/mol. The molecule has 0 spiro atoms. The number of nitrogens with zero attached hydrogens (tertiary/aromatic N) is 2. The predicted octanol–water partition coefficient (Wildman–Crippen LogP) is 3.65. The van der Waals surface area contributed by atoms with Crippen molar-refractivity contribution in [3.8, 4) is 0 Å². The number of anilines is 1. The molecule has 0 saturated carbocycles. The zero-order valence-corrected chi connectivity index (χ0v) is 15.8. The van der Waals surface area contributed by atoms with E-state index in [-0.39, 0.29) is 5.91 Å². The quantitative estimate of drug-likeness (QED) is 0.802. The minimum atomic E-state index is -0.403. The van der Waals surface area contributed by atoms with Gasteiger partial charge in [-0.05, 0) is 47.9 Å². The van der Waals surface area contributed by atoms with Crippen LogP contribution in [0.1, 0.15) is 17.0 Å². The number of aliphatic imine (C=N–C) groups is 1. The van der Waals surface area contributed by atoms with Gasteiger partial charge in [0.2, 0.25) is 5.91 Å². The van der Waals surface area contributed by atoms with Gasteiger partial charge in [-0.1, -0.05) is 23.7 Å². The second kappa shape index (κ2) is 8.21. The normalized spacial score (nSPS) is 20.0. The molecule has 2 aliphatic rings. The maximum atomic E-state index is 12.2. The Morgan fingerprint density at radius 1 is 1.19 bits per heavy atom. The van der Waals surface area contributed by atoms with E-state index in [4.69, 9.17) is 16.3 Å². The van der Waals surface area contributed by atoms with Gasteiger partial charge in [-0.25, -0.2) is 0 Å². The van der Waals surface area contributed by atoms with Gasteiger partial charge < -0.3 is 10.1 Å². The number of halogens is 1. The molecule has 1 unspecified atom stereocenters. The van der Waals surface area contributed by atoms with E-state index in [9.17, 15) is 4.79 Å². The first-order valence-corrected chi connectivity index (χ1v) is 9.60. The van der Waals surface area contributed by atoms with Crippen LogP contribution in [0.25, 0.3) is 0 Å². The van der Waals surface area contributed by atoms with Gasteiger partial charge in [0.05, 0.1) is 18.9 Å². The van der Waals surface area contributed by atoms with E-state index in [1.807, 2.05) is 24.3 Å². The highest BCUT2D eigenvalue weighted by atomic mass is 35.5. The van der Waals surface area contributed by atoms with Crippen LogP contribution in [-0.2, 0) is 16.0 Å². The van der Waals surface area contributed by atoms with Crippen molar-refractivity contribution in [3.05, 3.63) is 58.6 Å². The van der Waals surface area contributed by atoms with Gasteiger partial charge in [0.15, 0.2) is 0 Å². The van der Waals surface area contributed by atoms with Crippen molar-refractivity contribution in [1.29, 1.82) is 0 Å². The molecule has 0 aromatic heterocycles. The first-order valence-electron chi connectivity index (χ1n) is 9.22. The average molecular weight is 384 g/mol. The lowest BCUT2D eigenvalue weighted by molar-refractivity contribution is -0.115. The molecule has 2 aromatic rings. The van der Waals surface area contributed by atoms with Gasteiger partial charge in [0, 0.05) is 36.6 Å². The Hall–Kier alpha value is -2.21. The molecule has 27 heavy (non-hydrogen) atoms. The van der Waals surface area contributed by atoms with Crippen molar-refractivity contribution in [2.24, 2.45) is 4.99 Å². The minimum absolute atomic E-state index is 0.0712. The van der Waals surface area contributed by atoms with Gasteiger partial charge in [0.1, 0.15) is 5.92 Å². The zero-order valence-electron chi connectivity index (χ0n) is 15.0. The fourth-order valence-corrected chi connectivity index (χ4v) is 3.61. The summed E-state index contributed by atoms with van der Waals surface area (Å²) in [6, 6.07) is 13.6. The second-order valence-corrected chi connectivity index (χ2v) is 7.28. The first kappa shape index (κ1) is 18.2. The molecular weight excluding hydrogens is 362 g/mol. The molecule has 2 aliphatic heterocycles. The highest BCUT2D eigenvalue weighted by Gasteiger charge is 2.29. The summed E-state index contributed by atoms with van der Waals surface area (Å²) in [6.45, 7) is 4.73. The van der Waals surface area contributed by atoms with Crippen LogP contribution >= 0.6 is 11.6 Å². The summed E-state index contributed by atoms with van der Waals surface area (Å²) in [6.07, 6.45) is 2.71.